The molecule has 1 aromatic rings. The first-order chi connectivity index (χ1) is 8.63. The van der Waals surface area contributed by atoms with E-state index >= 15 is 0 Å². The van der Waals surface area contributed by atoms with Crippen LogP contribution in [0, 0.1) is 18.7 Å². The van der Waals surface area contributed by atoms with Gasteiger partial charge in [-0.1, -0.05) is 39.2 Å². The van der Waals surface area contributed by atoms with Gasteiger partial charge in [0.25, 0.3) is 0 Å². The molecule has 2 atom stereocenters. The average molecular weight is 251 g/mol. The molecule has 0 radical (unpaired) electrons. The zero-order chi connectivity index (χ0) is 13.5. The van der Waals surface area contributed by atoms with Crippen LogP contribution in [0.3, 0.4) is 0 Å². The first-order valence-electron chi connectivity index (χ1n) is 7.07. The summed E-state index contributed by atoms with van der Waals surface area (Å²) < 4.78 is 13.4. The molecule has 0 aliphatic carbocycles. The van der Waals surface area contributed by atoms with Crippen LogP contribution in [0.2, 0.25) is 0 Å². The number of benzene rings is 1. The molecule has 0 aromatic heterocycles. The normalized spacial score (nSPS) is 14.5. The Morgan fingerprint density at radius 3 is 2.56 bits per heavy atom. The maximum Gasteiger partial charge on any atom is 0.123 e. The van der Waals surface area contributed by atoms with E-state index in [-0.39, 0.29) is 11.9 Å². The molecule has 0 bridgehead atoms. The molecule has 0 heterocycles. The van der Waals surface area contributed by atoms with Crippen LogP contribution in [-0.2, 0) is 0 Å². The van der Waals surface area contributed by atoms with Gasteiger partial charge in [-0.05, 0) is 49.6 Å². The van der Waals surface area contributed by atoms with Gasteiger partial charge in [-0.3, -0.25) is 0 Å². The Labute approximate surface area is 111 Å². The fourth-order valence-electron chi connectivity index (χ4n) is 2.66. The van der Waals surface area contributed by atoms with Crippen molar-refractivity contribution < 1.29 is 4.39 Å². The van der Waals surface area contributed by atoms with Gasteiger partial charge >= 0.3 is 0 Å². The maximum atomic E-state index is 13.4. The van der Waals surface area contributed by atoms with Crippen LogP contribution in [0.5, 0.6) is 0 Å². The molecule has 0 aliphatic heterocycles. The standard InChI is InChI=1S/C16H26FN/c1-5-7-8-13(6-2)16(18-4)15-11-14(17)10-9-12(15)3/h9-11,13,16,18H,5-8H2,1-4H3. The minimum absolute atomic E-state index is 0.138. The van der Waals surface area contributed by atoms with Crippen LogP contribution in [0.4, 0.5) is 4.39 Å². The summed E-state index contributed by atoms with van der Waals surface area (Å²) in [4.78, 5) is 0. The van der Waals surface area contributed by atoms with Crippen molar-refractivity contribution in [2.24, 2.45) is 5.92 Å². The van der Waals surface area contributed by atoms with Gasteiger partial charge in [-0.25, -0.2) is 4.39 Å². The zero-order valence-corrected chi connectivity index (χ0v) is 12.1. The molecule has 1 N–H and O–H groups in total. The van der Waals surface area contributed by atoms with E-state index in [2.05, 4.69) is 26.1 Å². The third-order valence-electron chi connectivity index (χ3n) is 3.81. The Kier molecular flexibility index (Phi) is 6.34. The average Bonchev–Trinajstić information content (AvgIpc) is 2.38. The minimum Gasteiger partial charge on any atom is -0.313 e. The third-order valence-corrected chi connectivity index (χ3v) is 3.81. The van der Waals surface area contributed by atoms with E-state index < -0.39 is 0 Å². The van der Waals surface area contributed by atoms with E-state index in [1.807, 2.05) is 13.1 Å². The molecular weight excluding hydrogens is 225 g/mol. The summed E-state index contributed by atoms with van der Waals surface area (Å²) in [5.74, 6) is 0.441. The predicted molar refractivity (Wildman–Crippen MR) is 76.2 cm³/mol. The highest BCUT2D eigenvalue weighted by Gasteiger charge is 2.21. The van der Waals surface area contributed by atoms with Crippen molar-refractivity contribution in [1.82, 2.24) is 5.32 Å². The van der Waals surface area contributed by atoms with Crippen LogP contribution < -0.4 is 5.32 Å². The summed E-state index contributed by atoms with van der Waals surface area (Å²) in [7, 11) is 1.98. The molecule has 1 nitrogen and oxygen atoms in total. The Morgan fingerprint density at radius 2 is 2.00 bits per heavy atom. The van der Waals surface area contributed by atoms with Gasteiger partial charge in [0.2, 0.25) is 0 Å². The summed E-state index contributed by atoms with van der Waals surface area (Å²) in [6.45, 7) is 6.50. The topological polar surface area (TPSA) is 12.0 Å². The van der Waals surface area contributed by atoms with E-state index in [9.17, 15) is 4.39 Å². The highest BCUT2D eigenvalue weighted by atomic mass is 19.1. The first kappa shape index (κ1) is 15.2. The molecule has 2 heteroatoms. The lowest BCUT2D eigenvalue weighted by atomic mass is 9.85. The predicted octanol–water partition coefficient (Wildman–Crippen LogP) is 4.61. The van der Waals surface area contributed by atoms with Crippen molar-refractivity contribution in [2.45, 2.75) is 52.5 Å². The molecule has 102 valence electrons. The van der Waals surface area contributed by atoms with Crippen molar-refractivity contribution >= 4 is 0 Å². The van der Waals surface area contributed by atoms with Crippen LogP contribution in [-0.4, -0.2) is 7.05 Å². The molecule has 0 spiro atoms. The second-order valence-corrected chi connectivity index (χ2v) is 5.08. The van der Waals surface area contributed by atoms with Gasteiger partial charge in [0, 0.05) is 6.04 Å². The van der Waals surface area contributed by atoms with Crippen LogP contribution in [0.15, 0.2) is 18.2 Å². The fourth-order valence-corrected chi connectivity index (χ4v) is 2.66. The molecule has 0 saturated carbocycles. The number of unbranched alkanes of at least 4 members (excludes halogenated alkanes) is 1. The number of hydrogen-bond acceptors (Lipinski definition) is 1. The van der Waals surface area contributed by atoms with E-state index in [4.69, 9.17) is 0 Å². The Morgan fingerprint density at radius 1 is 1.28 bits per heavy atom. The smallest absolute Gasteiger partial charge is 0.123 e. The molecule has 1 aromatic carbocycles. The fraction of sp³-hybridized carbons (Fsp3) is 0.625. The lowest BCUT2D eigenvalue weighted by Gasteiger charge is -2.27. The van der Waals surface area contributed by atoms with E-state index in [0.29, 0.717) is 5.92 Å². The van der Waals surface area contributed by atoms with Gasteiger partial charge in [-0.15, -0.1) is 0 Å². The summed E-state index contributed by atoms with van der Waals surface area (Å²) in [5, 5.41) is 3.38. The summed E-state index contributed by atoms with van der Waals surface area (Å²) in [5.41, 5.74) is 2.28. The van der Waals surface area contributed by atoms with Gasteiger partial charge in [-0.2, -0.15) is 0 Å². The summed E-state index contributed by atoms with van der Waals surface area (Å²) in [6.07, 6.45) is 4.79. The van der Waals surface area contributed by atoms with Gasteiger partial charge in [0.05, 0.1) is 0 Å². The Hall–Kier alpha value is -0.890. The van der Waals surface area contributed by atoms with Crippen molar-refractivity contribution in [1.29, 1.82) is 0 Å². The lowest BCUT2D eigenvalue weighted by molar-refractivity contribution is 0.337. The number of hydrogen-bond donors (Lipinski definition) is 1. The van der Waals surface area contributed by atoms with Crippen LogP contribution in [0.25, 0.3) is 0 Å². The second kappa shape index (κ2) is 7.52. The summed E-state index contributed by atoms with van der Waals surface area (Å²) in [6, 6.07) is 5.36. The molecule has 0 saturated heterocycles. The van der Waals surface area contributed by atoms with Crippen molar-refractivity contribution in [2.75, 3.05) is 7.05 Å². The number of nitrogens with one attached hydrogen (secondary N) is 1. The second-order valence-electron chi connectivity index (χ2n) is 5.08. The third kappa shape index (κ3) is 3.81. The minimum atomic E-state index is -0.138. The van der Waals surface area contributed by atoms with E-state index in [1.54, 1.807) is 12.1 Å². The number of halogens is 1. The van der Waals surface area contributed by atoms with Crippen LogP contribution in [0.1, 0.15) is 56.7 Å². The van der Waals surface area contributed by atoms with Gasteiger partial charge in [0.1, 0.15) is 5.82 Å². The van der Waals surface area contributed by atoms with Crippen molar-refractivity contribution in [3.05, 3.63) is 35.1 Å². The first-order valence-corrected chi connectivity index (χ1v) is 7.07. The largest absolute Gasteiger partial charge is 0.313 e. The molecule has 1 rings (SSSR count). The molecule has 0 amide bonds. The number of rotatable bonds is 7. The van der Waals surface area contributed by atoms with Crippen LogP contribution >= 0.6 is 0 Å². The van der Waals surface area contributed by atoms with Crippen molar-refractivity contribution in [3.8, 4) is 0 Å². The van der Waals surface area contributed by atoms with Gasteiger partial charge in [0.15, 0.2) is 0 Å². The molecule has 0 fully saturated rings. The summed E-state index contributed by atoms with van der Waals surface area (Å²) >= 11 is 0. The molecule has 18 heavy (non-hydrogen) atoms. The highest BCUT2D eigenvalue weighted by Crippen LogP contribution is 2.31. The molecule has 2 unspecified atom stereocenters. The Bertz CT molecular complexity index is 362. The number of aryl methyl sites for hydroxylation is 1. The maximum absolute atomic E-state index is 13.4. The van der Waals surface area contributed by atoms with E-state index in [0.717, 1.165) is 12.0 Å². The van der Waals surface area contributed by atoms with Crippen molar-refractivity contribution in [3.63, 3.8) is 0 Å². The van der Waals surface area contributed by atoms with E-state index in [1.165, 1.54) is 24.8 Å². The Balaban J connectivity index is 2.95. The molecule has 0 aliphatic rings. The SMILES string of the molecule is CCCCC(CC)C(NC)c1cc(F)ccc1C. The van der Waals surface area contributed by atoms with Gasteiger partial charge < -0.3 is 5.32 Å². The quantitative estimate of drug-likeness (QED) is 0.746. The highest BCUT2D eigenvalue weighted by molar-refractivity contribution is 5.30. The molecular formula is C16H26FN. The lowest BCUT2D eigenvalue weighted by Crippen LogP contribution is -2.26. The zero-order valence-electron chi connectivity index (χ0n) is 12.1. The monoisotopic (exact) mass is 251 g/mol.